The Morgan fingerprint density at radius 2 is 2.00 bits per heavy atom. The maximum Gasteiger partial charge on any atom is 0.0418 e. The molecule has 0 spiro atoms. The summed E-state index contributed by atoms with van der Waals surface area (Å²) in [5.74, 6) is 1.32. The van der Waals surface area contributed by atoms with Gasteiger partial charge >= 0.3 is 0 Å². The van der Waals surface area contributed by atoms with Crippen LogP contribution >= 0.6 is 0 Å². The fraction of sp³-hybridized carbons (Fsp3) is 0.333. The summed E-state index contributed by atoms with van der Waals surface area (Å²) in [7, 11) is -0.760. The molecule has 0 aromatic heterocycles. The summed E-state index contributed by atoms with van der Waals surface area (Å²) in [5, 5.41) is 0. The molecule has 1 aromatic carbocycles. The normalized spacial score (nSPS) is 13.1. The van der Waals surface area contributed by atoms with E-state index in [2.05, 4.69) is 0 Å². The summed E-state index contributed by atoms with van der Waals surface area (Å²) < 4.78 is 11.4. The van der Waals surface area contributed by atoms with Gasteiger partial charge in [0.2, 0.25) is 0 Å². The SMILES string of the molecule is NCCCS(=O)C/C=C/c1ccccc1. The summed E-state index contributed by atoms with van der Waals surface area (Å²) in [5.41, 5.74) is 6.49. The first-order valence-corrected chi connectivity index (χ1v) is 6.58. The van der Waals surface area contributed by atoms with Gasteiger partial charge in [-0.25, -0.2) is 0 Å². The molecule has 82 valence electrons. The van der Waals surface area contributed by atoms with Gasteiger partial charge in [0, 0.05) is 22.3 Å². The van der Waals surface area contributed by atoms with Gasteiger partial charge in [-0.2, -0.15) is 0 Å². The molecule has 1 atom stereocenters. The molecule has 0 aliphatic carbocycles. The Morgan fingerprint density at radius 1 is 1.27 bits per heavy atom. The van der Waals surface area contributed by atoms with Crippen LogP contribution in [0.15, 0.2) is 36.4 Å². The molecule has 1 rings (SSSR count). The van der Waals surface area contributed by atoms with E-state index in [1.165, 1.54) is 0 Å². The smallest absolute Gasteiger partial charge is 0.0418 e. The first-order chi connectivity index (χ1) is 7.33. The molecule has 0 amide bonds. The van der Waals surface area contributed by atoms with E-state index in [1.54, 1.807) is 0 Å². The van der Waals surface area contributed by atoms with Crippen LogP contribution < -0.4 is 5.73 Å². The van der Waals surface area contributed by atoms with Crippen molar-refractivity contribution >= 4 is 16.9 Å². The number of nitrogens with two attached hydrogens (primary N) is 1. The van der Waals surface area contributed by atoms with Crippen LogP contribution in [0.25, 0.3) is 6.08 Å². The third kappa shape index (κ3) is 5.50. The molecule has 0 bridgehead atoms. The van der Waals surface area contributed by atoms with Crippen LogP contribution in [0.3, 0.4) is 0 Å². The van der Waals surface area contributed by atoms with Crippen LogP contribution in [0.1, 0.15) is 12.0 Å². The van der Waals surface area contributed by atoms with E-state index in [1.807, 2.05) is 42.5 Å². The average molecular weight is 223 g/mol. The Hall–Kier alpha value is -0.930. The highest BCUT2D eigenvalue weighted by atomic mass is 32.2. The molecule has 0 saturated heterocycles. The molecule has 15 heavy (non-hydrogen) atoms. The molecule has 3 heteroatoms. The second-order valence-corrected chi connectivity index (χ2v) is 4.89. The Morgan fingerprint density at radius 3 is 2.67 bits per heavy atom. The lowest BCUT2D eigenvalue weighted by Gasteiger charge is -1.96. The zero-order chi connectivity index (χ0) is 10.9. The highest BCUT2D eigenvalue weighted by Gasteiger charge is 1.94. The lowest BCUT2D eigenvalue weighted by atomic mass is 10.2. The molecule has 0 radical (unpaired) electrons. The van der Waals surface area contributed by atoms with Gasteiger partial charge in [-0.3, -0.25) is 4.21 Å². The van der Waals surface area contributed by atoms with Crippen molar-refractivity contribution in [2.24, 2.45) is 5.73 Å². The van der Waals surface area contributed by atoms with Gasteiger partial charge in [-0.05, 0) is 18.5 Å². The Bertz CT molecular complexity index is 322. The lowest BCUT2D eigenvalue weighted by Crippen LogP contribution is -2.07. The summed E-state index contributed by atoms with van der Waals surface area (Å²) in [6.45, 7) is 0.619. The quantitative estimate of drug-likeness (QED) is 0.799. The van der Waals surface area contributed by atoms with Gasteiger partial charge in [0.05, 0.1) is 0 Å². The van der Waals surface area contributed by atoms with Crippen molar-refractivity contribution in [3.63, 3.8) is 0 Å². The summed E-state index contributed by atoms with van der Waals surface area (Å²) in [4.78, 5) is 0. The molecule has 0 fully saturated rings. The predicted octanol–water partition coefficient (Wildman–Crippen LogP) is 1.80. The third-order valence-electron chi connectivity index (χ3n) is 1.97. The maximum absolute atomic E-state index is 11.4. The maximum atomic E-state index is 11.4. The molecule has 0 saturated carbocycles. The van der Waals surface area contributed by atoms with Crippen LogP contribution in [0.2, 0.25) is 0 Å². The zero-order valence-corrected chi connectivity index (χ0v) is 9.58. The Kier molecular flexibility index (Phi) is 5.97. The fourth-order valence-electron chi connectivity index (χ4n) is 1.18. The minimum absolute atomic E-state index is 0.619. The van der Waals surface area contributed by atoms with Crippen molar-refractivity contribution in [3.8, 4) is 0 Å². The molecule has 0 heterocycles. The molecule has 1 aromatic rings. The van der Waals surface area contributed by atoms with Crippen molar-refractivity contribution in [2.75, 3.05) is 18.1 Å². The highest BCUT2D eigenvalue weighted by molar-refractivity contribution is 7.85. The van der Waals surface area contributed by atoms with Crippen LogP contribution in [0.5, 0.6) is 0 Å². The van der Waals surface area contributed by atoms with Crippen LogP contribution in [-0.4, -0.2) is 22.3 Å². The van der Waals surface area contributed by atoms with E-state index in [0.29, 0.717) is 18.1 Å². The predicted molar refractivity (Wildman–Crippen MR) is 67.0 cm³/mol. The number of rotatable bonds is 6. The number of hydrogen-bond acceptors (Lipinski definition) is 2. The summed E-state index contributed by atoms with van der Waals surface area (Å²) in [6.07, 6.45) is 4.80. The van der Waals surface area contributed by atoms with Crippen molar-refractivity contribution in [3.05, 3.63) is 42.0 Å². The molecule has 0 aliphatic rings. The van der Waals surface area contributed by atoms with Crippen LogP contribution in [-0.2, 0) is 10.8 Å². The molecular weight excluding hydrogens is 206 g/mol. The second kappa shape index (κ2) is 7.37. The van der Waals surface area contributed by atoms with Gasteiger partial charge in [-0.15, -0.1) is 0 Å². The topological polar surface area (TPSA) is 43.1 Å². The molecule has 2 N–H and O–H groups in total. The number of hydrogen-bond donors (Lipinski definition) is 1. The van der Waals surface area contributed by atoms with E-state index in [9.17, 15) is 4.21 Å². The van der Waals surface area contributed by atoms with E-state index < -0.39 is 10.8 Å². The van der Waals surface area contributed by atoms with Crippen LogP contribution in [0, 0.1) is 0 Å². The first kappa shape index (κ1) is 12.1. The summed E-state index contributed by atoms with van der Waals surface area (Å²) >= 11 is 0. The highest BCUT2D eigenvalue weighted by Crippen LogP contribution is 2.01. The van der Waals surface area contributed by atoms with Gasteiger partial charge in [0.15, 0.2) is 0 Å². The van der Waals surface area contributed by atoms with Crippen LogP contribution in [0.4, 0.5) is 0 Å². The van der Waals surface area contributed by atoms with Gasteiger partial charge in [0.25, 0.3) is 0 Å². The molecular formula is C12H17NOS. The van der Waals surface area contributed by atoms with Crippen molar-refractivity contribution < 1.29 is 4.21 Å². The fourth-order valence-corrected chi connectivity index (χ4v) is 2.15. The Balaban J connectivity index is 2.31. The molecule has 1 unspecified atom stereocenters. The van der Waals surface area contributed by atoms with E-state index in [-0.39, 0.29) is 0 Å². The Labute approximate surface area is 93.6 Å². The lowest BCUT2D eigenvalue weighted by molar-refractivity contribution is 0.682. The first-order valence-electron chi connectivity index (χ1n) is 5.09. The third-order valence-corrected chi connectivity index (χ3v) is 3.28. The average Bonchev–Trinajstić information content (AvgIpc) is 2.28. The van der Waals surface area contributed by atoms with Crippen molar-refractivity contribution in [1.82, 2.24) is 0 Å². The van der Waals surface area contributed by atoms with Crippen molar-refractivity contribution in [1.29, 1.82) is 0 Å². The minimum atomic E-state index is -0.760. The largest absolute Gasteiger partial charge is 0.330 e. The summed E-state index contributed by atoms with van der Waals surface area (Å²) in [6, 6.07) is 10.0. The van der Waals surface area contributed by atoms with Gasteiger partial charge < -0.3 is 5.73 Å². The van der Waals surface area contributed by atoms with Gasteiger partial charge in [-0.1, -0.05) is 42.5 Å². The van der Waals surface area contributed by atoms with E-state index in [0.717, 1.165) is 12.0 Å². The molecule has 0 aliphatic heterocycles. The molecule has 2 nitrogen and oxygen atoms in total. The van der Waals surface area contributed by atoms with Gasteiger partial charge in [0.1, 0.15) is 0 Å². The standard InChI is InChI=1S/C12H17NOS/c13-9-5-11-15(14)10-4-8-12-6-2-1-3-7-12/h1-4,6-8H,5,9-11,13H2/b8-4+. The zero-order valence-electron chi connectivity index (χ0n) is 8.76. The monoisotopic (exact) mass is 223 g/mol. The van der Waals surface area contributed by atoms with E-state index in [4.69, 9.17) is 5.73 Å². The number of benzene rings is 1. The minimum Gasteiger partial charge on any atom is -0.330 e. The van der Waals surface area contributed by atoms with Crippen molar-refractivity contribution in [2.45, 2.75) is 6.42 Å². The second-order valence-electron chi connectivity index (χ2n) is 3.27. The van der Waals surface area contributed by atoms with E-state index >= 15 is 0 Å².